The Morgan fingerprint density at radius 1 is 1.10 bits per heavy atom. The van der Waals surface area contributed by atoms with E-state index in [1.807, 2.05) is 40.1 Å². The second kappa shape index (κ2) is 7.91. The zero-order chi connectivity index (χ0) is 21.3. The van der Waals surface area contributed by atoms with E-state index in [1.165, 1.54) is 18.3 Å². The minimum absolute atomic E-state index is 0.0408. The highest BCUT2D eigenvalue weighted by Gasteiger charge is 2.37. The highest BCUT2D eigenvalue weighted by Crippen LogP contribution is 2.35. The molecule has 0 amide bonds. The van der Waals surface area contributed by atoms with Crippen molar-refractivity contribution in [1.82, 2.24) is 29.9 Å². The Bertz CT molecular complexity index is 1150. The fourth-order valence-corrected chi connectivity index (χ4v) is 3.41. The van der Waals surface area contributed by atoms with E-state index in [4.69, 9.17) is 11.6 Å². The van der Waals surface area contributed by atoms with E-state index in [9.17, 15) is 13.2 Å². The van der Waals surface area contributed by atoms with Gasteiger partial charge in [-0.05, 0) is 36.2 Å². The van der Waals surface area contributed by atoms with Gasteiger partial charge in [0.2, 0.25) is 0 Å². The number of benzene rings is 1. The average Bonchev–Trinajstić information content (AvgIpc) is 3.40. The van der Waals surface area contributed by atoms with Crippen molar-refractivity contribution in [3.05, 3.63) is 71.4 Å². The van der Waals surface area contributed by atoms with E-state index < -0.39 is 11.9 Å². The van der Waals surface area contributed by atoms with Crippen LogP contribution in [-0.2, 0) is 6.18 Å². The molecule has 1 atom stereocenters. The summed E-state index contributed by atoms with van der Waals surface area (Å²) in [6.07, 6.45) is 1.16. The quantitative estimate of drug-likeness (QED) is 0.458. The maximum atomic E-state index is 13.2. The van der Waals surface area contributed by atoms with Crippen LogP contribution in [0.4, 0.5) is 13.2 Å². The lowest BCUT2D eigenvalue weighted by Crippen LogP contribution is -2.07. The molecule has 10 heteroatoms. The number of hydrogen-bond acceptors (Lipinski definition) is 4. The predicted octanol–water partition coefficient (Wildman–Crippen LogP) is 5.40. The van der Waals surface area contributed by atoms with Crippen LogP contribution in [-0.4, -0.2) is 29.9 Å². The van der Waals surface area contributed by atoms with Crippen molar-refractivity contribution in [2.24, 2.45) is 0 Å². The summed E-state index contributed by atoms with van der Waals surface area (Å²) in [5.74, 6) is 0. The van der Waals surface area contributed by atoms with Gasteiger partial charge in [0.1, 0.15) is 11.4 Å². The van der Waals surface area contributed by atoms with Crippen LogP contribution in [0.5, 0.6) is 0 Å². The Morgan fingerprint density at radius 3 is 2.57 bits per heavy atom. The van der Waals surface area contributed by atoms with Crippen LogP contribution in [0.2, 0.25) is 5.02 Å². The van der Waals surface area contributed by atoms with Gasteiger partial charge in [-0.25, -0.2) is 4.98 Å². The van der Waals surface area contributed by atoms with Crippen molar-refractivity contribution in [3.63, 3.8) is 0 Å². The van der Waals surface area contributed by atoms with Gasteiger partial charge in [0, 0.05) is 23.0 Å². The van der Waals surface area contributed by atoms with Crippen molar-refractivity contribution in [2.75, 3.05) is 0 Å². The van der Waals surface area contributed by atoms with Crippen molar-refractivity contribution in [2.45, 2.75) is 25.6 Å². The summed E-state index contributed by atoms with van der Waals surface area (Å²) in [5, 5.41) is 9.47. The van der Waals surface area contributed by atoms with Gasteiger partial charge in [0.15, 0.2) is 5.69 Å². The van der Waals surface area contributed by atoms with Crippen LogP contribution < -0.4 is 0 Å². The van der Waals surface area contributed by atoms with Gasteiger partial charge in [-0.15, -0.1) is 5.10 Å². The van der Waals surface area contributed by atoms with Crippen molar-refractivity contribution in [3.8, 4) is 22.6 Å². The fourth-order valence-electron chi connectivity index (χ4n) is 3.29. The molecular weight excluding hydrogens is 417 g/mol. The van der Waals surface area contributed by atoms with E-state index in [2.05, 4.69) is 27.2 Å². The smallest absolute Gasteiger partial charge is 0.329 e. The first-order chi connectivity index (χ1) is 14.4. The molecule has 0 spiro atoms. The number of hydrogen-bond donors (Lipinski definition) is 1. The van der Waals surface area contributed by atoms with Gasteiger partial charge < -0.3 is 4.57 Å². The van der Waals surface area contributed by atoms with Gasteiger partial charge >= 0.3 is 6.18 Å². The predicted molar refractivity (Wildman–Crippen MR) is 106 cm³/mol. The summed E-state index contributed by atoms with van der Waals surface area (Å²) in [7, 11) is 0. The Labute approximate surface area is 174 Å². The molecule has 0 fully saturated rings. The topological polar surface area (TPSA) is 72.3 Å². The maximum absolute atomic E-state index is 13.2. The van der Waals surface area contributed by atoms with Gasteiger partial charge in [-0.3, -0.25) is 10.1 Å². The molecule has 0 aliphatic heterocycles. The molecule has 3 heterocycles. The number of aromatic amines is 1. The first-order valence-corrected chi connectivity index (χ1v) is 9.48. The molecular formula is C20H16ClF3N6. The number of imidazole rings is 1. The average molecular weight is 433 g/mol. The van der Waals surface area contributed by atoms with Crippen LogP contribution >= 0.6 is 11.6 Å². The normalized spacial score (nSPS) is 12.8. The lowest BCUT2D eigenvalue weighted by molar-refractivity contribution is -0.140. The molecule has 0 aliphatic rings. The first kappa shape index (κ1) is 20.1. The Kier molecular flexibility index (Phi) is 5.29. The Balaban J connectivity index is 1.67. The lowest BCUT2D eigenvalue weighted by atomic mass is 10.0. The van der Waals surface area contributed by atoms with Gasteiger partial charge in [-0.1, -0.05) is 35.9 Å². The highest BCUT2D eigenvalue weighted by molar-refractivity contribution is 6.30. The number of aromatic nitrogens is 6. The number of halogens is 4. The van der Waals surface area contributed by atoms with Crippen molar-refractivity contribution >= 4 is 11.6 Å². The summed E-state index contributed by atoms with van der Waals surface area (Å²) >= 11 is 5.98. The minimum Gasteiger partial charge on any atom is -0.329 e. The molecule has 1 unspecified atom stereocenters. The zero-order valence-corrected chi connectivity index (χ0v) is 16.5. The number of H-pyrrole nitrogens is 1. The highest BCUT2D eigenvalue weighted by atomic mass is 35.5. The van der Waals surface area contributed by atoms with E-state index in [-0.39, 0.29) is 17.3 Å². The van der Waals surface area contributed by atoms with Crippen LogP contribution in [0.1, 0.15) is 30.6 Å². The second-order valence-electron chi connectivity index (χ2n) is 6.64. The molecule has 30 heavy (non-hydrogen) atoms. The van der Waals surface area contributed by atoms with Crippen LogP contribution in [0.3, 0.4) is 0 Å². The van der Waals surface area contributed by atoms with E-state index >= 15 is 0 Å². The van der Waals surface area contributed by atoms with Crippen LogP contribution in [0, 0.1) is 0 Å². The van der Waals surface area contributed by atoms with Crippen LogP contribution in [0.15, 0.2) is 55.1 Å². The second-order valence-corrected chi connectivity index (χ2v) is 7.08. The van der Waals surface area contributed by atoms with Gasteiger partial charge in [0.25, 0.3) is 0 Å². The van der Waals surface area contributed by atoms with E-state index in [0.717, 1.165) is 12.0 Å². The molecule has 154 valence electrons. The largest absolute Gasteiger partial charge is 0.435 e. The maximum Gasteiger partial charge on any atom is 0.435 e. The molecule has 4 rings (SSSR count). The SMILES string of the molecule is CCC(c1ccc(Cl)cc1)n1cnc(-c2cc(-c3nn[nH]c3C(F)(F)F)ccn2)c1. The summed E-state index contributed by atoms with van der Waals surface area (Å²) in [5.41, 5.74) is 1.03. The molecule has 0 saturated carbocycles. The van der Waals surface area contributed by atoms with Crippen molar-refractivity contribution in [1.29, 1.82) is 0 Å². The zero-order valence-electron chi connectivity index (χ0n) is 15.7. The summed E-state index contributed by atoms with van der Waals surface area (Å²) < 4.78 is 41.4. The van der Waals surface area contributed by atoms with Crippen LogP contribution in [0.25, 0.3) is 22.6 Å². The van der Waals surface area contributed by atoms with E-state index in [0.29, 0.717) is 16.4 Å². The lowest BCUT2D eigenvalue weighted by Gasteiger charge is -2.17. The third kappa shape index (κ3) is 3.93. The summed E-state index contributed by atoms with van der Waals surface area (Å²) in [4.78, 5) is 8.66. The molecule has 4 aromatic rings. The Morgan fingerprint density at radius 2 is 1.87 bits per heavy atom. The molecule has 1 aromatic carbocycles. The molecule has 0 aliphatic carbocycles. The molecule has 6 nitrogen and oxygen atoms in total. The minimum atomic E-state index is -4.59. The standard InChI is InChI=1S/C20H16ClF3N6/c1-2-17(12-3-5-14(21)6-4-12)30-10-16(26-11-30)15-9-13(7-8-25-15)18-19(20(22,23)24)28-29-27-18/h3-11,17H,2H2,1H3,(H,27,28,29). The molecule has 3 aromatic heterocycles. The Hall–Kier alpha value is -3.20. The number of pyridine rings is 1. The third-order valence-corrected chi connectivity index (χ3v) is 4.98. The monoisotopic (exact) mass is 432 g/mol. The molecule has 0 bridgehead atoms. The number of nitrogens with one attached hydrogen (secondary N) is 1. The summed E-state index contributed by atoms with van der Waals surface area (Å²) in [6.45, 7) is 2.06. The van der Waals surface area contributed by atoms with Crippen molar-refractivity contribution < 1.29 is 13.2 Å². The fraction of sp³-hybridized carbons (Fsp3) is 0.200. The molecule has 1 N–H and O–H groups in total. The number of nitrogens with zero attached hydrogens (tertiary/aromatic N) is 5. The number of rotatable bonds is 5. The summed E-state index contributed by atoms with van der Waals surface area (Å²) in [6, 6.07) is 10.6. The van der Waals surface area contributed by atoms with Gasteiger partial charge in [-0.2, -0.15) is 13.2 Å². The van der Waals surface area contributed by atoms with Gasteiger partial charge in [0.05, 0.1) is 18.1 Å². The first-order valence-electron chi connectivity index (χ1n) is 9.10. The number of alkyl halides is 3. The van der Waals surface area contributed by atoms with E-state index in [1.54, 1.807) is 6.33 Å². The molecule has 0 saturated heterocycles. The third-order valence-electron chi connectivity index (χ3n) is 4.73. The molecule has 0 radical (unpaired) electrons.